The molecule has 0 bridgehead atoms. The maximum absolute atomic E-state index is 5.67. The molecule has 4 aromatic rings. The molecule has 0 aliphatic rings. The SMILES string of the molecule is C[C@@H](Nc1nc(CCN)nc2ccccc12)c1nc(-c2cccnc2)no1. The first kappa shape index (κ1) is 17.0. The predicted molar refractivity (Wildman–Crippen MR) is 102 cm³/mol. The van der Waals surface area contributed by atoms with Gasteiger partial charge in [0, 0.05) is 29.8 Å². The van der Waals surface area contributed by atoms with Crippen molar-refractivity contribution in [2.45, 2.75) is 19.4 Å². The fraction of sp³-hybridized carbons (Fsp3) is 0.211. The second-order valence-electron chi connectivity index (χ2n) is 6.11. The molecule has 0 radical (unpaired) electrons. The molecule has 0 aliphatic carbocycles. The van der Waals surface area contributed by atoms with Gasteiger partial charge < -0.3 is 15.6 Å². The van der Waals surface area contributed by atoms with Gasteiger partial charge in [0.1, 0.15) is 17.7 Å². The van der Waals surface area contributed by atoms with Gasteiger partial charge in [-0.25, -0.2) is 9.97 Å². The van der Waals surface area contributed by atoms with E-state index in [1.807, 2.05) is 43.3 Å². The van der Waals surface area contributed by atoms with Crippen molar-refractivity contribution in [2.75, 3.05) is 11.9 Å². The van der Waals surface area contributed by atoms with Crippen molar-refractivity contribution in [3.05, 3.63) is 60.5 Å². The zero-order valence-corrected chi connectivity index (χ0v) is 14.8. The molecular formula is C19H19N7O. The number of rotatable bonds is 6. The number of benzene rings is 1. The largest absolute Gasteiger partial charge is 0.358 e. The average Bonchev–Trinajstić information content (AvgIpc) is 3.19. The number of hydrogen-bond acceptors (Lipinski definition) is 8. The average molecular weight is 361 g/mol. The van der Waals surface area contributed by atoms with Crippen LogP contribution in [0.3, 0.4) is 0 Å². The van der Waals surface area contributed by atoms with Gasteiger partial charge in [-0.15, -0.1) is 0 Å². The standard InChI is InChI=1S/C19H19N7O/c1-12(19-25-17(26-27-19)13-5-4-10-21-11-13)22-18-14-6-2-3-7-15(14)23-16(24-18)8-9-20/h2-7,10-12H,8-9,20H2,1H3,(H,22,23,24)/t12-/m1/s1. The summed E-state index contributed by atoms with van der Waals surface area (Å²) in [7, 11) is 0. The van der Waals surface area contributed by atoms with Crippen molar-refractivity contribution in [1.82, 2.24) is 25.1 Å². The van der Waals surface area contributed by atoms with E-state index in [-0.39, 0.29) is 6.04 Å². The number of para-hydroxylation sites is 1. The summed E-state index contributed by atoms with van der Waals surface area (Å²) in [5, 5.41) is 8.33. The van der Waals surface area contributed by atoms with Gasteiger partial charge in [-0.1, -0.05) is 17.3 Å². The van der Waals surface area contributed by atoms with Gasteiger partial charge in [0.15, 0.2) is 0 Å². The summed E-state index contributed by atoms with van der Waals surface area (Å²) in [6.45, 7) is 2.44. The maximum atomic E-state index is 5.67. The smallest absolute Gasteiger partial charge is 0.249 e. The van der Waals surface area contributed by atoms with Crippen LogP contribution in [-0.4, -0.2) is 31.6 Å². The van der Waals surface area contributed by atoms with E-state index in [0.717, 1.165) is 22.3 Å². The van der Waals surface area contributed by atoms with Gasteiger partial charge in [0.05, 0.1) is 5.52 Å². The van der Waals surface area contributed by atoms with Gasteiger partial charge in [0.25, 0.3) is 0 Å². The van der Waals surface area contributed by atoms with E-state index in [9.17, 15) is 0 Å². The summed E-state index contributed by atoms with van der Waals surface area (Å²) in [6.07, 6.45) is 4.01. The monoisotopic (exact) mass is 361 g/mol. The number of aromatic nitrogens is 5. The Balaban J connectivity index is 1.63. The fourth-order valence-corrected chi connectivity index (χ4v) is 2.77. The molecule has 3 aromatic heterocycles. The first-order chi connectivity index (χ1) is 13.2. The summed E-state index contributed by atoms with van der Waals surface area (Å²) in [4.78, 5) is 17.7. The van der Waals surface area contributed by atoms with Crippen LogP contribution in [-0.2, 0) is 6.42 Å². The van der Waals surface area contributed by atoms with Crippen molar-refractivity contribution < 1.29 is 4.52 Å². The Morgan fingerprint density at radius 1 is 1.11 bits per heavy atom. The lowest BCUT2D eigenvalue weighted by molar-refractivity contribution is 0.367. The second-order valence-corrected chi connectivity index (χ2v) is 6.11. The summed E-state index contributed by atoms with van der Waals surface area (Å²) < 4.78 is 5.43. The third-order valence-corrected chi connectivity index (χ3v) is 4.10. The van der Waals surface area contributed by atoms with Crippen molar-refractivity contribution >= 4 is 16.7 Å². The van der Waals surface area contributed by atoms with E-state index in [0.29, 0.717) is 30.5 Å². The molecule has 0 saturated carbocycles. The fourth-order valence-electron chi connectivity index (χ4n) is 2.77. The third-order valence-electron chi connectivity index (χ3n) is 4.10. The minimum absolute atomic E-state index is 0.230. The lowest BCUT2D eigenvalue weighted by atomic mass is 10.2. The highest BCUT2D eigenvalue weighted by Crippen LogP contribution is 2.25. The molecule has 0 spiro atoms. The van der Waals surface area contributed by atoms with E-state index in [4.69, 9.17) is 10.3 Å². The van der Waals surface area contributed by atoms with Crippen molar-refractivity contribution in [1.29, 1.82) is 0 Å². The molecule has 0 fully saturated rings. The van der Waals surface area contributed by atoms with Crippen molar-refractivity contribution in [3.63, 3.8) is 0 Å². The van der Waals surface area contributed by atoms with Crippen LogP contribution in [0.5, 0.6) is 0 Å². The van der Waals surface area contributed by atoms with Gasteiger partial charge in [-0.3, -0.25) is 4.98 Å². The van der Waals surface area contributed by atoms with Crippen LogP contribution in [0.2, 0.25) is 0 Å². The van der Waals surface area contributed by atoms with Crippen LogP contribution in [0.25, 0.3) is 22.3 Å². The number of anilines is 1. The van der Waals surface area contributed by atoms with Crippen molar-refractivity contribution in [3.8, 4) is 11.4 Å². The summed E-state index contributed by atoms with van der Waals surface area (Å²) in [5.74, 6) is 2.39. The second kappa shape index (κ2) is 7.46. The minimum atomic E-state index is -0.230. The minimum Gasteiger partial charge on any atom is -0.358 e. The van der Waals surface area contributed by atoms with Crippen LogP contribution >= 0.6 is 0 Å². The molecule has 8 nitrogen and oxygen atoms in total. The van der Waals surface area contributed by atoms with Gasteiger partial charge >= 0.3 is 0 Å². The van der Waals surface area contributed by atoms with Gasteiger partial charge in [-0.05, 0) is 37.7 Å². The molecule has 0 unspecified atom stereocenters. The molecule has 1 aromatic carbocycles. The van der Waals surface area contributed by atoms with E-state index in [2.05, 4.69) is 30.4 Å². The normalized spacial score (nSPS) is 12.2. The predicted octanol–water partition coefficient (Wildman–Crippen LogP) is 2.75. The van der Waals surface area contributed by atoms with Crippen LogP contribution in [0.4, 0.5) is 5.82 Å². The zero-order valence-electron chi connectivity index (χ0n) is 14.8. The maximum Gasteiger partial charge on any atom is 0.249 e. The number of fused-ring (bicyclic) bond motifs is 1. The zero-order chi connectivity index (χ0) is 18.6. The van der Waals surface area contributed by atoms with E-state index >= 15 is 0 Å². The van der Waals surface area contributed by atoms with Gasteiger partial charge in [-0.2, -0.15) is 4.98 Å². The Kier molecular flexibility index (Phi) is 4.71. The van der Waals surface area contributed by atoms with Crippen LogP contribution in [0, 0.1) is 0 Å². The molecule has 4 rings (SSSR count). The molecule has 27 heavy (non-hydrogen) atoms. The highest BCUT2D eigenvalue weighted by atomic mass is 16.5. The highest BCUT2D eigenvalue weighted by Gasteiger charge is 2.17. The molecule has 3 N–H and O–H groups in total. The number of nitrogens with one attached hydrogen (secondary N) is 1. The van der Waals surface area contributed by atoms with Crippen LogP contribution < -0.4 is 11.1 Å². The Morgan fingerprint density at radius 3 is 2.81 bits per heavy atom. The van der Waals surface area contributed by atoms with E-state index in [1.165, 1.54) is 0 Å². The first-order valence-electron chi connectivity index (χ1n) is 8.71. The summed E-state index contributed by atoms with van der Waals surface area (Å²) in [5.41, 5.74) is 7.34. The van der Waals surface area contributed by atoms with Crippen molar-refractivity contribution in [2.24, 2.45) is 5.73 Å². The molecule has 0 aliphatic heterocycles. The van der Waals surface area contributed by atoms with Gasteiger partial charge in [0.2, 0.25) is 11.7 Å². The van der Waals surface area contributed by atoms with E-state index in [1.54, 1.807) is 12.4 Å². The quantitative estimate of drug-likeness (QED) is 0.538. The number of nitrogens with two attached hydrogens (primary N) is 1. The Morgan fingerprint density at radius 2 is 2.00 bits per heavy atom. The molecule has 1 atom stereocenters. The first-order valence-corrected chi connectivity index (χ1v) is 8.71. The lowest BCUT2D eigenvalue weighted by Crippen LogP contribution is -2.12. The lowest BCUT2D eigenvalue weighted by Gasteiger charge is -2.13. The van der Waals surface area contributed by atoms with E-state index < -0.39 is 0 Å². The highest BCUT2D eigenvalue weighted by molar-refractivity contribution is 5.89. The summed E-state index contributed by atoms with van der Waals surface area (Å²) in [6, 6.07) is 11.3. The topological polar surface area (TPSA) is 116 Å². The molecule has 3 heterocycles. The number of nitrogens with zero attached hydrogens (tertiary/aromatic N) is 5. The third kappa shape index (κ3) is 3.61. The molecule has 0 amide bonds. The Bertz CT molecular complexity index is 1050. The molecule has 8 heteroatoms. The molecule has 0 saturated heterocycles. The van der Waals surface area contributed by atoms with Crippen LogP contribution in [0.1, 0.15) is 24.7 Å². The van der Waals surface area contributed by atoms with Crippen LogP contribution in [0.15, 0.2) is 53.3 Å². The Labute approximate surface area is 155 Å². The molecule has 136 valence electrons. The Hall–Kier alpha value is -3.39. The summed E-state index contributed by atoms with van der Waals surface area (Å²) >= 11 is 0. The number of hydrogen-bond donors (Lipinski definition) is 2. The molecular weight excluding hydrogens is 342 g/mol. The number of pyridine rings is 1.